The number of aryl methyl sites for hydroxylation is 1. The third-order valence-electron chi connectivity index (χ3n) is 3.06. The molecule has 2 nitrogen and oxygen atoms in total. The zero-order chi connectivity index (χ0) is 18.1. The summed E-state index contributed by atoms with van der Waals surface area (Å²) in [6.45, 7) is 8.22. The Labute approximate surface area is 165 Å². The highest BCUT2D eigenvalue weighted by Gasteiger charge is 2.09. The maximum atomic E-state index is 11.3. The van der Waals surface area contributed by atoms with Crippen LogP contribution in [0.4, 0.5) is 0 Å². The Balaban J connectivity index is 2.59. The molecular weight excluding hydrogens is 452 g/mol. The number of rotatable bonds is 7. The molecule has 0 saturated carbocycles. The average molecular weight is 474 g/mol. The quantitative estimate of drug-likeness (QED) is 0.250. The molecule has 0 bridgehead atoms. The molecule has 24 heavy (non-hydrogen) atoms. The first-order chi connectivity index (χ1) is 11.3. The van der Waals surface area contributed by atoms with Crippen molar-refractivity contribution in [2.45, 2.75) is 34.1 Å². The molecule has 1 aromatic rings. The molecule has 1 rings (SSSR count). The molecule has 130 valence electrons. The highest BCUT2D eigenvalue weighted by atomic mass is 79.9. The summed E-state index contributed by atoms with van der Waals surface area (Å²) in [5.74, 6) is -0.303. The van der Waals surface area contributed by atoms with E-state index in [0.717, 1.165) is 26.5 Å². The largest absolute Gasteiger partial charge is 0.463 e. The summed E-state index contributed by atoms with van der Waals surface area (Å²) in [5.41, 5.74) is 2.02. The van der Waals surface area contributed by atoms with Gasteiger partial charge in [-0.25, -0.2) is 4.79 Å². The molecule has 0 saturated heterocycles. The van der Waals surface area contributed by atoms with Gasteiger partial charge in [0.15, 0.2) is 0 Å². The minimum absolute atomic E-state index is 0.303. The molecule has 0 N–H and O–H groups in total. The highest BCUT2D eigenvalue weighted by Crippen LogP contribution is 2.37. The van der Waals surface area contributed by atoms with Crippen LogP contribution in [0.25, 0.3) is 0 Å². The first-order valence-corrected chi connectivity index (χ1v) is 10.0. The van der Waals surface area contributed by atoms with Gasteiger partial charge in [-0.1, -0.05) is 36.0 Å². The summed E-state index contributed by atoms with van der Waals surface area (Å²) in [5, 5.41) is 0. The molecule has 0 spiro atoms. The second kappa shape index (κ2) is 10.9. The van der Waals surface area contributed by atoms with Gasteiger partial charge in [0.1, 0.15) is 0 Å². The number of carbonyl (C=O) groups is 1. The Bertz CT molecular complexity index is 694. The second-order valence-electron chi connectivity index (χ2n) is 5.23. The normalized spacial score (nSPS) is 13.2. The Morgan fingerprint density at radius 3 is 2.46 bits per heavy atom. The van der Waals surface area contributed by atoms with Crippen molar-refractivity contribution < 1.29 is 9.53 Å². The molecule has 0 amide bonds. The van der Waals surface area contributed by atoms with E-state index in [2.05, 4.69) is 57.9 Å². The Kier molecular flexibility index (Phi) is 9.56. The first kappa shape index (κ1) is 21.1. The molecule has 0 atom stereocenters. The van der Waals surface area contributed by atoms with E-state index in [9.17, 15) is 4.79 Å². The highest BCUT2D eigenvalue weighted by molar-refractivity contribution is 9.13. The van der Waals surface area contributed by atoms with Gasteiger partial charge in [-0.15, -0.1) is 11.3 Å². The number of hydrogen-bond donors (Lipinski definition) is 0. The van der Waals surface area contributed by atoms with Gasteiger partial charge in [-0.05, 0) is 65.1 Å². The lowest BCUT2D eigenvalue weighted by molar-refractivity contribution is -0.137. The minimum Gasteiger partial charge on any atom is -0.463 e. The number of ether oxygens (including phenoxy) is 1. The van der Waals surface area contributed by atoms with Gasteiger partial charge in [-0.2, -0.15) is 0 Å². The molecule has 5 heteroatoms. The van der Waals surface area contributed by atoms with Crippen LogP contribution in [0.2, 0.25) is 0 Å². The fourth-order valence-corrected chi connectivity index (χ4v) is 4.24. The minimum atomic E-state index is -0.303. The van der Waals surface area contributed by atoms with E-state index in [1.54, 1.807) is 18.3 Å². The molecule has 0 aromatic carbocycles. The van der Waals surface area contributed by atoms with Gasteiger partial charge in [0.2, 0.25) is 0 Å². The molecular formula is C19H22Br2O2S. The third kappa shape index (κ3) is 7.32. The molecule has 1 aromatic heterocycles. The van der Waals surface area contributed by atoms with Crippen LogP contribution in [0.3, 0.4) is 0 Å². The SMILES string of the molecule is CCOC(=O)/C=C(\C)C=CC=C(C)C=CCc1sc(C)c(Br)c1Br. The van der Waals surface area contributed by atoms with E-state index >= 15 is 0 Å². The monoisotopic (exact) mass is 472 g/mol. The van der Waals surface area contributed by atoms with Crippen molar-refractivity contribution >= 4 is 49.2 Å². The van der Waals surface area contributed by atoms with Crippen LogP contribution in [-0.4, -0.2) is 12.6 Å². The van der Waals surface area contributed by atoms with Crippen LogP contribution >= 0.6 is 43.2 Å². The fourth-order valence-electron chi connectivity index (χ4n) is 1.86. The van der Waals surface area contributed by atoms with Crippen molar-refractivity contribution in [1.29, 1.82) is 0 Å². The lowest BCUT2D eigenvalue weighted by Gasteiger charge is -1.96. The lowest BCUT2D eigenvalue weighted by Crippen LogP contribution is -1.99. The summed E-state index contributed by atoms with van der Waals surface area (Å²) >= 11 is 8.99. The Hall–Kier alpha value is -0.910. The number of carbonyl (C=O) groups excluding carboxylic acids is 1. The molecule has 0 aliphatic rings. The van der Waals surface area contributed by atoms with E-state index in [-0.39, 0.29) is 5.97 Å². The standard InChI is InChI=1S/C19H22Br2O2S/c1-5-23-17(22)12-14(3)10-6-8-13(2)9-7-11-16-19(21)18(20)15(4)24-16/h6-10,12H,5,11H2,1-4H3/b9-7?,10-6?,13-8?,14-12+. The van der Waals surface area contributed by atoms with Gasteiger partial charge in [0.05, 0.1) is 6.61 Å². The van der Waals surface area contributed by atoms with E-state index in [1.165, 1.54) is 15.8 Å². The number of allylic oxidation sites excluding steroid dienone is 7. The van der Waals surface area contributed by atoms with E-state index in [1.807, 2.05) is 25.2 Å². The molecule has 0 unspecified atom stereocenters. The summed E-state index contributed by atoms with van der Waals surface area (Å²) in [6.07, 6.45) is 12.5. The summed E-state index contributed by atoms with van der Waals surface area (Å²) < 4.78 is 7.17. The second-order valence-corrected chi connectivity index (χ2v) is 8.12. The van der Waals surface area contributed by atoms with Crippen molar-refractivity contribution in [3.05, 3.63) is 66.3 Å². The smallest absolute Gasteiger partial charge is 0.330 e. The molecule has 0 aliphatic carbocycles. The predicted octanol–water partition coefficient (Wildman–Crippen LogP) is 6.69. The number of esters is 1. The van der Waals surface area contributed by atoms with Crippen molar-refractivity contribution in [3.8, 4) is 0 Å². The first-order valence-electron chi connectivity index (χ1n) is 7.65. The van der Waals surface area contributed by atoms with Crippen LogP contribution in [0.1, 0.15) is 30.5 Å². The van der Waals surface area contributed by atoms with Gasteiger partial charge >= 0.3 is 5.97 Å². The number of thiophene rings is 1. The molecule has 0 fully saturated rings. The van der Waals surface area contributed by atoms with Crippen molar-refractivity contribution in [2.24, 2.45) is 0 Å². The van der Waals surface area contributed by atoms with E-state index < -0.39 is 0 Å². The van der Waals surface area contributed by atoms with Gasteiger partial charge in [-0.3, -0.25) is 0 Å². The molecule has 0 radical (unpaired) electrons. The third-order valence-corrected chi connectivity index (χ3v) is 7.11. The fraction of sp³-hybridized carbons (Fsp3) is 0.316. The number of halogens is 2. The predicted molar refractivity (Wildman–Crippen MR) is 111 cm³/mol. The van der Waals surface area contributed by atoms with Gasteiger partial charge in [0, 0.05) is 31.2 Å². The maximum absolute atomic E-state index is 11.3. The lowest BCUT2D eigenvalue weighted by atomic mass is 10.2. The van der Waals surface area contributed by atoms with Crippen molar-refractivity contribution in [3.63, 3.8) is 0 Å². The van der Waals surface area contributed by atoms with Crippen LogP contribution in [0.15, 0.2) is 56.5 Å². The zero-order valence-corrected chi connectivity index (χ0v) is 18.3. The van der Waals surface area contributed by atoms with E-state index in [0.29, 0.717) is 6.61 Å². The topological polar surface area (TPSA) is 26.3 Å². The van der Waals surface area contributed by atoms with Crippen LogP contribution in [-0.2, 0) is 16.0 Å². The van der Waals surface area contributed by atoms with Crippen molar-refractivity contribution in [1.82, 2.24) is 0 Å². The molecule has 1 heterocycles. The van der Waals surface area contributed by atoms with Gasteiger partial charge in [0.25, 0.3) is 0 Å². The Morgan fingerprint density at radius 1 is 1.17 bits per heavy atom. The number of hydrogen-bond acceptors (Lipinski definition) is 3. The van der Waals surface area contributed by atoms with Crippen LogP contribution in [0.5, 0.6) is 0 Å². The van der Waals surface area contributed by atoms with Crippen molar-refractivity contribution in [2.75, 3.05) is 6.61 Å². The Morgan fingerprint density at radius 2 is 1.88 bits per heavy atom. The van der Waals surface area contributed by atoms with Gasteiger partial charge < -0.3 is 4.74 Å². The summed E-state index contributed by atoms with van der Waals surface area (Å²) in [7, 11) is 0. The molecule has 0 aliphatic heterocycles. The maximum Gasteiger partial charge on any atom is 0.330 e. The zero-order valence-electron chi connectivity index (χ0n) is 14.4. The summed E-state index contributed by atoms with van der Waals surface area (Å²) in [6, 6.07) is 0. The van der Waals surface area contributed by atoms with E-state index in [4.69, 9.17) is 4.74 Å². The van der Waals surface area contributed by atoms with Crippen LogP contribution in [0, 0.1) is 6.92 Å². The summed E-state index contributed by atoms with van der Waals surface area (Å²) in [4.78, 5) is 13.9. The average Bonchev–Trinajstić information content (AvgIpc) is 2.75. The van der Waals surface area contributed by atoms with Crippen LogP contribution < -0.4 is 0 Å².